The number of alkyl halides is 6. The highest BCUT2D eigenvalue weighted by molar-refractivity contribution is 5.86. The Morgan fingerprint density at radius 2 is 1.50 bits per heavy atom. The molecule has 0 aliphatic carbocycles. The monoisotopic (exact) mass is 295 g/mol. The van der Waals surface area contributed by atoms with Gasteiger partial charge < -0.3 is 4.74 Å². The van der Waals surface area contributed by atoms with Crippen LogP contribution in [0.2, 0.25) is 0 Å². The maximum absolute atomic E-state index is 12.4. The number of halogens is 6. The average Bonchev–Trinajstić information content (AvgIpc) is 2.33. The van der Waals surface area contributed by atoms with Crippen molar-refractivity contribution in [2.24, 2.45) is 0 Å². The summed E-state index contributed by atoms with van der Waals surface area (Å²) in [5, 5.41) is 0.508. The van der Waals surface area contributed by atoms with Gasteiger partial charge in [-0.05, 0) is 17.5 Å². The van der Waals surface area contributed by atoms with Crippen LogP contribution in [0.25, 0.3) is 10.8 Å². The standard InChI is InChI=1S/C12H7F6NO/c13-11(14,15)10(12(16,17)18)20-9-8-4-2-1-3-7(8)5-6-19-9/h1-6,10H. The lowest BCUT2D eigenvalue weighted by atomic mass is 10.2. The Hall–Kier alpha value is -1.99. The van der Waals surface area contributed by atoms with Gasteiger partial charge in [-0.3, -0.25) is 0 Å². The van der Waals surface area contributed by atoms with Crippen molar-refractivity contribution in [3.63, 3.8) is 0 Å². The SMILES string of the molecule is FC(F)(F)C(Oc1nccc2ccccc12)C(F)(F)F. The number of nitrogens with zero attached hydrogens (tertiary/aromatic N) is 1. The molecular formula is C12H7F6NO. The van der Waals surface area contributed by atoms with Crippen LogP contribution in [0.5, 0.6) is 5.88 Å². The van der Waals surface area contributed by atoms with Gasteiger partial charge in [0.1, 0.15) is 0 Å². The summed E-state index contributed by atoms with van der Waals surface area (Å²) < 4.78 is 78.7. The fourth-order valence-electron chi connectivity index (χ4n) is 1.62. The third-order valence-electron chi connectivity index (χ3n) is 2.46. The zero-order valence-electron chi connectivity index (χ0n) is 9.66. The number of benzene rings is 1. The Balaban J connectivity index is 2.44. The van der Waals surface area contributed by atoms with Gasteiger partial charge in [0.15, 0.2) is 0 Å². The summed E-state index contributed by atoms with van der Waals surface area (Å²) in [4.78, 5) is 3.45. The first-order valence-corrected chi connectivity index (χ1v) is 5.33. The highest BCUT2D eigenvalue weighted by Crippen LogP contribution is 2.37. The van der Waals surface area contributed by atoms with Crippen molar-refractivity contribution in [1.82, 2.24) is 4.98 Å². The van der Waals surface area contributed by atoms with Gasteiger partial charge >= 0.3 is 12.4 Å². The lowest BCUT2D eigenvalue weighted by molar-refractivity contribution is -0.300. The Morgan fingerprint density at radius 3 is 2.10 bits per heavy atom. The van der Waals surface area contributed by atoms with Crippen LogP contribution in [-0.2, 0) is 0 Å². The Kier molecular flexibility index (Phi) is 3.49. The topological polar surface area (TPSA) is 22.1 Å². The van der Waals surface area contributed by atoms with Crippen molar-refractivity contribution in [1.29, 1.82) is 0 Å². The number of aromatic nitrogens is 1. The fraction of sp³-hybridized carbons (Fsp3) is 0.250. The van der Waals surface area contributed by atoms with Crippen LogP contribution in [0.3, 0.4) is 0 Å². The molecule has 1 aromatic heterocycles. The first-order valence-electron chi connectivity index (χ1n) is 5.33. The third kappa shape index (κ3) is 2.94. The number of fused-ring (bicyclic) bond motifs is 1. The molecule has 0 saturated heterocycles. The zero-order valence-corrected chi connectivity index (χ0v) is 9.66. The molecular weight excluding hydrogens is 288 g/mol. The maximum atomic E-state index is 12.4. The molecule has 2 aromatic rings. The smallest absolute Gasteiger partial charge is 0.434 e. The summed E-state index contributed by atoms with van der Waals surface area (Å²) in [6.45, 7) is 0. The summed E-state index contributed by atoms with van der Waals surface area (Å²) in [6.07, 6.45) is -14.0. The highest BCUT2D eigenvalue weighted by Gasteiger charge is 2.59. The quantitative estimate of drug-likeness (QED) is 0.778. The molecule has 0 radical (unpaired) electrons. The molecule has 0 unspecified atom stereocenters. The van der Waals surface area contributed by atoms with Crippen LogP contribution in [0.15, 0.2) is 36.5 Å². The molecule has 0 fully saturated rings. The number of rotatable bonds is 2. The van der Waals surface area contributed by atoms with E-state index >= 15 is 0 Å². The predicted octanol–water partition coefficient (Wildman–Crippen LogP) is 4.11. The van der Waals surface area contributed by atoms with Gasteiger partial charge in [0.25, 0.3) is 6.10 Å². The molecule has 1 aromatic carbocycles. The van der Waals surface area contributed by atoms with Gasteiger partial charge in [-0.2, -0.15) is 26.3 Å². The summed E-state index contributed by atoms with van der Waals surface area (Å²) in [7, 11) is 0. The van der Waals surface area contributed by atoms with Crippen LogP contribution >= 0.6 is 0 Å². The van der Waals surface area contributed by atoms with Gasteiger partial charge in [0, 0.05) is 11.6 Å². The Labute approximate surface area is 109 Å². The lowest BCUT2D eigenvalue weighted by Gasteiger charge is -2.23. The van der Waals surface area contributed by atoms with Crippen molar-refractivity contribution < 1.29 is 31.1 Å². The van der Waals surface area contributed by atoms with E-state index in [-0.39, 0.29) is 5.39 Å². The van der Waals surface area contributed by atoms with E-state index in [9.17, 15) is 26.3 Å². The van der Waals surface area contributed by atoms with Crippen LogP contribution in [0, 0.1) is 0 Å². The number of ether oxygens (including phenoxy) is 1. The van der Waals surface area contributed by atoms with E-state index in [0.717, 1.165) is 6.20 Å². The minimum Gasteiger partial charge on any atom is -0.454 e. The molecule has 108 valence electrons. The third-order valence-corrected chi connectivity index (χ3v) is 2.46. The average molecular weight is 295 g/mol. The van der Waals surface area contributed by atoms with Crippen LogP contribution < -0.4 is 4.74 Å². The number of hydrogen-bond donors (Lipinski definition) is 0. The molecule has 2 nitrogen and oxygen atoms in total. The molecule has 2 rings (SSSR count). The van der Waals surface area contributed by atoms with Gasteiger partial charge in [0.2, 0.25) is 5.88 Å². The number of hydrogen-bond acceptors (Lipinski definition) is 2. The van der Waals surface area contributed by atoms with E-state index in [0.29, 0.717) is 5.39 Å². The van der Waals surface area contributed by atoms with Crippen molar-refractivity contribution >= 4 is 10.8 Å². The lowest BCUT2D eigenvalue weighted by Crippen LogP contribution is -2.46. The predicted molar refractivity (Wildman–Crippen MR) is 58.3 cm³/mol. The molecule has 0 aliphatic rings. The molecule has 0 amide bonds. The number of pyridine rings is 1. The maximum Gasteiger partial charge on any atom is 0.434 e. The van der Waals surface area contributed by atoms with Crippen molar-refractivity contribution in [3.8, 4) is 5.88 Å². The molecule has 0 saturated carbocycles. The largest absolute Gasteiger partial charge is 0.454 e. The van der Waals surface area contributed by atoms with Gasteiger partial charge in [0.05, 0.1) is 0 Å². The summed E-state index contributed by atoms with van der Waals surface area (Å²) >= 11 is 0. The van der Waals surface area contributed by atoms with E-state index in [1.807, 2.05) is 0 Å². The molecule has 0 atom stereocenters. The van der Waals surface area contributed by atoms with Crippen LogP contribution in [0.4, 0.5) is 26.3 Å². The van der Waals surface area contributed by atoms with Gasteiger partial charge in [-0.15, -0.1) is 0 Å². The normalized spacial score (nSPS) is 12.9. The van der Waals surface area contributed by atoms with Crippen LogP contribution in [0.1, 0.15) is 0 Å². The molecule has 8 heteroatoms. The van der Waals surface area contributed by atoms with E-state index in [4.69, 9.17) is 0 Å². The van der Waals surface area contributed by atoms with E-state index in [1.54, 1.807) is 6.07 Å². The summed E-state index contributed by atoms with van der Waals surface area (Å²) in [5.41, 5.74) is 0. The fourth-order valence-corrected chi connectivity index (χ4v) is 1.62. The molecule has 0 spiro atoms. The molecule has 0 aliphatic heterocycles. The molecule has 0 bridgehead atoms. The summed E-state index contributed by atoms with van der Waals surface area (Å²) in [6, 6.07) is 7.38. The van der Waals surface area contributed by atoms with E-state index in [1.165, 1.54) is 24.3 Å². The van der Waals surface area contributed by atoms with Crippen LogP contribution in [-0.4, -0.2) is 23.4 Å². The second-order valence-corrected chi connectivity index (χ2v) is 3.92. The van der Waals surface area contributed by atoms with Crippen molar-refractivity contribution in [2.45, 2.75) is 18.5 Å². The van der Waals surface area contributed by atoms with Gasteiger partial charge in [-0.25, -0.2) is 4.98 Å². The molecule has 0 N–H and O–H groups in total. The van der Waals surface area contributed by atoms with Crippen molar-refractivity contribution in [2.75, 3.05) is 0 Å². The minimum absolute atomic E-state index is 0.0773. The zero-order chi connectivity index (χ0) is 15.0. The van der Waals surface area contributed by atoms with Gasteiger partial charge in [-0.1, -0.05) is 18.2 Å². The van der Waals surface area contributed by atoms with E-state index < -0.39 is 24.3 Å². The minimum atomic E-state index is -5.57. The summed E-state index contributed by atoms with van der Waals surface area (Å²) in [5.74, 6) is -0.706. The Morgan fingerprint density at radius 1 is 0.900 bits per heavy atom. The first-order chi connectivity index (χ1) is 9.19. The Bertz CT molecular complexity index is 587. The second-order valence-electron chi connectivity index (χ2n) is 3.92. The van der Waals surface area contributed by atoms with E-state index in [2.05, 4.69) is 9.72 Å². The van der Waals surface area contributed by atoms with Crippen molar-refractivity contribution in [3.05, 3.63) is 36.5 Å². The second kappa shape index (κ2) is 4.84. The molecule has 1 heterocycles. The highest BCUT2D eigenvalue weighted by atomic mass is 19.4. The first kappa shape index (κ1) is 14.4. The molecule has 20 heavy (non-hydrogen) atoms.